The summed E-state index contributed by atoms with van der Waals surface area (Å²) in [5, 5.41) is 8.42. The second-order valence-electron chi connectivity index (χ2n) is 1.94. The maximum atomic E-state index is 10.2. The first kappa shape index (κ1) is 9.95. The van der Waals surface area contributed by atoms with Gasteiger partial charge >= 0.3 is 5.97 Å². The Morgan fingerprint density at radius 3 is 2.36 bits per heavy atom. The average molecular weight is 154 g/mol. The van der Waals surface area contributed by atoms with Crippen molar-refractivity contribution in [3.8, 4) is 0 Å². The summed E-state index contributed by atoms with van der Waals surface area (Å²) < 4.78 is 0. The molecule has 11 heavy (non-hydrogen) atoms. The number of rotatable bonds is 1. The Hall–Kier alpha value is -1.05. The second-order valence-corrected chi connectivity index (χ2v) is 1.94. The lowest BCUT2D eigenvalue weighted by molar-refractivity contribution is -0.132. The summed E-state index contributed by atoms with van der Waals surface area (Å²) in [7, 11) is 0. The predicted octanol–water partition coefficient (Wildman–Crippen LogP) is 2.37. The monoisotopic (exact) mass is 154 g/mol. The quantitative estimate of drug-likeness (QED) is 0.629. The van der Waals surface area contributed by atoms with Crippen LogP contribution in [-0.2, 0) is 4.79 Å². The van der Waals surface area contributed by atoms with Gasteiger partial charge in [-0.2, -0.15) is 0 Å². The minimum absolute atomic E-state index is 0.418. The number of aliphatic carboxylic acids is 1. The maximum Gasteiger partial charge on any atom is 0.335 e. The summed E-state index contributed by atoms with van der Waals surface area (Å²) in [5.41, 5.74) is 0.418. The lowest BCUT2D eigenvalue weighted by atomic mass is 10.1. The zero-order valence-electron chi connectivity index (χ0n) is 7.00. The molecule has 0 unspecified atom stereocenters. The van der Waals surface area contributed by atoms with E-state index < -0.39 is 5.97 Å². The highest BCUT2D eigenvalue weighted by molar-refractivity contribution is 5.89. The number of hydrogen-bond donors (Lipinski definition) is 1. The number of carbonyl (C=O) groups is 1. The minimum Gasteiger partial charge on any atom is -0.478 e. The molecule has 0 spiro atoms. The third-order valence-corrected chi connectivity index (χ3v) is 1.24. The van der Waals surface area contributed by atoms with Gasteiger partial charge < -0.3 is 5.11 Å². The summed E-state index contributed by atoms with van der Waals surface area (Å²) in [4.78, 5) is 10.2. The fourth-order valence-corrected chi connectivity index (χ4v) is 0.772. The highest BCUT2D eigenvalue weighted by atomic mass is 16.4. The molecule has 0 bridgehead atoms. The van der Waals surface area contributed by atoms with Gasteiger partial charge in [-0.25, -0.2) is 4.79 Å². The second kappa shape index (κ2) is 5.71. The standard InChI is InChI=1S/C7H8O2.C2H6/c8-7(9)6-4-2-1-3-5-6;1-2/h2,4-5H,1,3H2,(H,8,9);1-2H3. The van der Waals surface area contributed by atoms with E-state index in [9.17, 15) is 4.79 Å². The fourth-order valence-electron chi connectivity index (χ4n) is 0.772. The van der Waals surface area contributed by atoms with Crippen molar-refractivity contribution in [3.63, 3.8) is 0 Å². The van der Waals surface area contributed by atoms with Gasteiger partial charge in [-0.15, -0.1) is 0 Å². The van der Waals surface area contributed by atoms with Crippen LogP contribution in [0.2, 0.25) is 0 Å². The molecule has 0 aromatic rings. The van der Waals surface area contributed by atoms with Crippen LogP contribution in [0.15, 0.2) is 23.8 Å². The van der Waals surface area contributed by atoms with E-state index in [0.717, 1.165) is 12.8 Å². The van der Waals surface area contributed by atoms with E-state index in [1.807, 2.05) is 19.9 Å². The average Bonchev–Trinajstić information content (AvgIpc) is 2.10. The van der Waals surface area contributed by atoms with Crippen LogP contribution < -0.4 is 0 Å². The zero-order valence-corrected chi connectivity index (χ0v) is 7.00. The molecular weight excluding hydrogens is 140 g/mol. The van der Waals surface area contributed by atoms with Crippen LogP contribution in [0.25, 0.3) is 0 Å². The van der Waals surface area contributed by atoms with Crippen molar-refractivity contribution >= 4 is 5.97 Å². The third kappa shape index (κ3) is 3.61. The number of carboxylic acids is 1. The van der Waals surface area contributed by atoms with Crippen LogP contribution in [0.3, 0.4) is 0 Å². The number of hydrogen-bond acceptors (Lipinski definition) is 1. The molecule has 0 aromatic carbocycles. The Morgan fingerprint density at radius 2 is 2.09 bits per heavy atom. The maximum absolute atomic E-state index is 10.2. The van der Waals surface area contributed by atoms with Crippen LogP contribution in [0.5, 0.6) is 0 Å². The molecule has 62 valence electrons. The summed E-state index contributed by atoms with van der Waals surface area (Å²) >= 11 is 0. The first-order chi connectivity index (χ1) is 5.30. The third-order valence-electron chi connectivity index (χ3n) is 1.24. The van der Waals surface area contributed by atoms with Crippen molar-refractivity contribution in [2.45, 2.75) is 26.7 Å². The normalized spacial score (nSPS) is 14.5. The SMILES string of the molecule is CC.O=C(O)C1=CCCC=C1. The van der Waals surface area contributed by atoms with Gasteiger partial charge in [-0.1, -0.05) is 32.1 Å². The molecule has 2 heteroatoms. The Labute approximate surface area is 67.2 Å². The molecule has 0 radical (unpaired) electrons. The molecule has 0 saturated heterocycles. The van der Waals surface area contributed by atoms with E-state index in [2.05, 4.69) is 0 Å². The molecule has 0 saturated carbocycles. The Morgan fingerprint density at radius 1 is 1.45 bits per heavy atom. The molecule has 0 amide bonds. The minimum atomic E-state index is -0.828. The number of carboxylic acid groups (broad SMARTS) is 1. The van der Waals surface area contributed by atoms with Crippen molar-refractivity contribution in [1.82, 2.24) is 0 Å². The van der Waals surface area contributed by atoms with E-state index in [-0.39, 0.29) is 0 Å². The van der Waals surface area contributed by atoms with Crippen molar-refractivity contribution in [2.75, 3.05) is 0 Å². The largest absolute Gasteiger partial charge is 0.478 e. The fraction of sp³-hybridized carbons (Fsp3) is 0.444. The van der Waals surface area contributed by atoms with Gasteiger partial charge in [0.2, 0.25) is 0 Å². The van der Waals surface area contributed by atoms with Crippen molar-refractivity contribution in [2.24, 2.45) is 0 Å². The van der Waals surface area contributed by atoms with E-state index >= 15 is 0 Å². The van der Waals surface area contributed by atoms with Crippen molar-refractivity contribution in [1.29, 1.82) is 0 Å². The molecule has 0 heterocycles. The van der Waals surface area contributed by atoms with Crippen LogP contribution in [0, 0.1) is 0 Å². The van der Waals surface area contributed by atoms with Gasteiger partial charge in [-0.05, 0) is 12.8 Å². The van der Waals surface area contributed by atoms with E-state index in [1.54, 1.807) is 12.2 Å². The van der Waals surface area contributed by atoms with Crippen LogP contribution in [0.4, 0.5) is 0 Å². The van der Waals surface area contributed by atoms with Gasteiger partial charge in [0.25, 0.3) is 0 Å². The Bertz CT molecular complexity index is 178. The molecule has 1 N–H and O–H groups in total. The van der Waals surface area contributed by atoms with Gasteiger partial charge in [0.05, 0.1) is 5.57 Å². The van der Waals surface area contributed by atoms with Gasteiger partial charge in [-0.3, -0.25) is 0 Å². The summed E-state index contributed by atoms with van der Waals surface area (Å²) in [6, 6.07) is 0. The Balaban J connectivity index is 0.000000461. The number of allylic oxidation sites excluding steroid dienone is 2. The van der Waals surface area contributed by atoms with Crippen LogP contribution in [0.1, 0.15) is 26.7 Å². The summed E-state index contributed by atoms with van der Waals surface area (Å²) in [5.74, 6) is -0.828. The predicted molar refractivity (Wildman–Crippen MR) is 45.4 cm³/mol. The molecule has 0 aliphatic heterocycles. The molecule has 0 fully saturated rings. The molecule has 0 atom stereocenters. The van der Waals surface area contributed by atoms with Crippen LogP contribution >= 0.6 is 0 Å². The lowest BCUT2D eigenvalue weighted by Gasteiger charge is -1.98. The molecule has 0 aromatic heterocycles. The smallest absolute Gasteiger partial charge is 0.335 e. The molecular formula is C9H14O2. The van der Waals surface area contributed by atoms with E-state index in [0.29, 0.717) is 5.57 Å². The van der Waals surface area contributed by atoms with Gasteiger partial charge in [0, 0.05) is 0 Å². The molecule has 2 nitrogen and oxygen atoms in total. The first-order valence-electron chi connectivity index (χ1n) is 3.90. The lowest BCUT2D eigenvalue weighted by Crippen LogP contribution is -1.99. The summed E-state index contributed by atoms with van der Waals surface area (Å²) in [6.07, 6.45) is 7.09. The van der Waals surface area contributed by atoms with Crippen molar-refractivity contribution < 1.29 is 9.90 Å². The Kier molecular flexibility index (Phi) is 5.17. The van der Waals surface area contributed by atoms with Gasteiger partial charge in [0.1, 0.15) is 0 Å². The first-order valence-corrected chi connectivity index (χ1v) is 3.90. The van der Waals surface area contributed by atoms with E-state index in [4.69, 9.17) is 5.11 Å². The van der Waals surface area contributed by atoms with Crippen molar-refractivity contribution in [3.05, 3.63) is 23.8 Å². The zero-order chi connectivity index (χ0) is 8.69. The van der Waals surface area contributed by atoms with Crippen LogP contribution in [-0.4, -0.2) is 11.1 Å². The summed E-state index contributed by atoms with van der Waals surface area (Å²) in [6.45, 7) is 4.00. The van der Waals surface area contributed by atoms with Gasteiger partial charge in [0.15, 0.2) is 0 Å². The molecule has 1 aliphatic carbocycles. The molecule has 1 rings (SSSR count). The molecule has 1 aliphatic rings. The van der Waals surface area contributed by atoms with E-state index in [1.165, 1.54) is 0 Å². The highest BCUT2D eigenvalue weighted by Crippen LogP contribution is 2.08. The topological polar surface area (TPSA) is 37.3 Å². The highest BCUT2D eigenvalue weighted by Gasteiger charge is 2.03.